The Morgan fingerprint density at radius 3 is 3.12 bits per heavy atom. The van der Waals surface area contributed by atoms with Crippen LogP contribution in [0.1, 0.15) is 28.9 Å². The van der Waals surface area contributed by atoms with Gasteiger partial charge in [0.1, 0.15) is 0 Å². The third-order valence-corrected chi connectivity index (χ3v) is 4.87. The van der Waals surface area contributed by atoms with Crippen molar-refractivity contribution in [2.75, 3.05) is 26.2 Å². The summed E-state index contributed by atoms with van der Waals surface area (Å²) in [4.78, 5) is 15.3. The first-order chi connectivity index (χ1) is 8.29. The van der Waals surface area contributed by atoms with Crippen LogP contribution in [-0.4, -0.2) is 37.0 Å². The number of nitrogens with one attached hydrogen (secondary N) is 1. The van der Waals surface area contributed by atoms with Gasteiger partial charge in [-0.3, -0.25) is 4.79 Å². The van der Waals surface area contributed by atoms with Crippen molar-refractivity contribution in [3.05, 3.63) is 22.4 Å². The molecule has 3 heterocycles. The number of likely N-dealkylation sites (tertiary alicyclic amines) is 1. The van der Waals surface area contributed by atoms with Crippen molar-refractivity contribution < 1.29 is 4.79 Å². The lowest BCUT2D eigenvalue weighted by atomic mass is 9.79. The van der Waals surface area contributed by atoms with Crippen molar-refractivity contribution in [2.45, 2.75) is 19.3 Å². The highest BCUT2D eigenvalue weighted by Gasteiger charge is 2.39. The number of hydrogen-bond acceptors (Lipinski definition) is 3. The minimum Gasteiger partial charge on any atom is -0.337 e. The summed E-state index contributed by atoms with van der Waals surface area (Å²) in [5.41, 5.74) is 0.366. The molecule has 1 spiro atoms. The summed E-state index contributed by atoms with van der Waals surface area (Å²) in [6.07, 6.45) is 3.65. The lowest BCUT2D eigenvalue weighted by molar-refractivity contribution is 0.0558. The van der Waals surface area contributed by atoms with Gasteiger partial charge < -0.3 is 10.2 Å². The van der Waals surface area contributed by atoms with Crippen LogP contribution in [0.2, 0.25) is 0 Å². The van der Waals surface area contributed by atoms with E-state index in [1.54, 1.807) is 11.3 Å². The van der Waals surface area contributed by atoms with Crippen LogP contribution < -0.4 is 5.32 Å². The maximum Gasteiger partial charge on any atom is 0.263 e. The zero-order valence-corrected chi connectivity index (χ0v) is 10.8. The SMILES string of the molecule is O=C(c1cccs1)N1CCCC2(CCNC2)C1. The van der Waals surface area contributed by atoms with Gasteiger partial charge in [-0.1, -0.05) is 6.07 Å². The summed E-state index contributed by atoms with van der Waals surface area (Å²) in [6.45, 7) is 4.07. The molecule has 2 saturated heterocycles. The Labute approximate surface area is 106 Å². The molecule has 1 N–H and O–H groups in total. The second kappa shape index (κ2) is 4.42. The van der Waals surface area contributed by atoms with Crippen molar-refractivity contribution >= 4 is 17.2 Å². The van der Waals surface area contributed by atoms with Crippen LogP contribution >= 0.6 is 11.3 Å². The molecule has 17 heavy (non-hydrogen) atoms. The van der Waals surface area contributed by atoms with Gasteiger partial charge in [0.25, 0.3) is 5.91 Å². The Kier molecular flexibility index (Phi) is 2.92. The van der Waals surface area contributed by atoms with Gasteiger partial charge >= 0.3 is 0 Å². The highest BCUT2D eigenvalue weighted by Crippen LogP contribution is 2.36. The number of hydrogen-bond donors (Lipinski definition) is 1. The Balaban J connectivity index is 1.73. The lowest BCUT2D eigenvalue weighted by Crippen LogP contribution is -2.46. The molecule has 0 aromatic carbocycles. The van der Waals surface area contributed by atoms with Crippen LogP contribution in [0.3, 0.4) is 0 Å². The molecule has 92 valence electrons. The summed E-state index contributed by atoms with van der Waals surface area (Å²) in [6, 6.07) is 3.88. The molecule has 1 unspecified atom stereocenters. The number of nitrogens with zero attached hydrogens (tertiary/aromatic N) is 1. The monoisotopic (exact) mass is 250 g/mol. The topological polar surface area (TPSA) is 32.3 Å². The van der Waals surface area contributed by atoms with Gasteiger partial charge in [-0.15, -0.1) is 11.3 Å². The minimum atomic E-state index is 0.228. The Morgan fingerprint density at radius 2 is 2.41 bits per heavy atom. The molecule has 4 heteroatoms. The zero-order chi connectivity index (χ0) is 11.7. The van der Waals surface area contributed by atoms with Crippen LogP contribution in [0.15, 0.2) is 17.5 Å². The van der Waals surface area contributed by atoms with Crippen molar-refractivity contribution in [2.24, 2.45) is 5.41 Å². The maximum absolute atomic E-state index is 12.3. The average Bonchev–Trinajstić information content (AvgIpc) is 3.00. The molecule has 3 rings (SSSR count). The summed E-state index contributed by atoms with van der Waals surface area (Å²) in [5.74, 6) is 0.228. The normalized spacial score (nSPS) is 28.8. The van der Waals surface area contributed by atoms with Crippen LogP contribution in [0.5, 0.6) is 0 Å². The number of carbonyl (C=O) groups excluding carboxylic acids is 1. The Bertz CT molecular complexity index is 396. The predicted molar refractivity (Wildman–Crippen MR) is 69.4 cm³/mol. The van der Waals surface area contributed by atoms with Crippen LogP contribution in [-0.2, 0) is 0 Å². The Hall–Kier alpha value is -0.870. The van der Waals surface area contributed by atoms with E-state index in [4.69, 9.17) is 0 Å². The van der Waals surface area contributed by atoms with Gasteiger partial charge in [0.05, 0.1) is 4.88 Å². The van der Waals surface area contributed by atoms with Gasteiger partial charge in [-0.05, 0) is 37.3 Å². The van der Waals surface area contributed by atoms with Crippen LogP contribution in [0.25, 0.3) is 0 Å². The van der Waals surface area contributed by atoms with Gasteiger partial charge in [-0.25, -0.2) is 0 Å². The van der Waals surface area contributed by atoms with Crippen molar-refractivity contribution in [3.8, 4) is 0 Å². The molecule has 0 saturated carbocycles. The molecule has 0 bridgehead atoms. The smallest absolute Gasteiger partial charge is 0.263 e. The highest BCUT2D eigenvalue weighted by molar-refractivity contribution is 7.12. The van der Waals surface area contributed by atoms with Gasteiger partial charge in [0.2, 0.25) is 0 Å². The standard InChI is InChI=1S/C13H18N2OS/c16-12(11-3-1-8-17-11)15-7-2-4-13(10-15)5-6-14-9-13/h1,3,8,14H,2,4-7,9-10H2. The van der Waals surface area contributed by atoms with E-state index in [2.05, 4.69) is 10.2 Å². The van der Waals surface area contributed by atoms with E-state index in [0.29, 0.717) is 5.41 Å². The van der Waals surface area contributed by atoms with E-state index < -0.39 is 0 Å². The molecule has 2 fully saturated rings. The molecule has 0 aliphatic carbocycles. The first-order valence-corrected chi connectivity index (χ1v) is 7.21. The fourth-order valence-corrected chi connectivity index (χ4v) is 3.77. The first kappa shape index (κ1) is 11.2. The summed E-state index contributed by atoms with van der Waals surface area (Å²) >= 11 is 1.55. The number of piperidine rings is 1. The molecule has 2 aliphatic heterocycles. The molecule has 3 nitrogen and oxygen atoms in total. The quantitative estimate of drug-likeness (QED) is 0.826. The third kappa shape index (κ3) is 2.11. The first-order valence-electron chi connectivity index (χ1n) is 6.33. The Morgan fingerprint density at radius 1 is 1.47 bits per heavy atom. The van der Waals surface area contributed by atoms with Gasteiger partial charge in [0, 0.05) is 25.0 Å². The highest BCUT2D eigenvalue weighted by atomic mass is 32.1. The van der Waals surface area contributed by atoms with Crippen molar-refractivity contribution in [3.63, 3.8) is 0 Å². The third-order valence-electron chi connectivity index (χ3n) is 4.01. The van der Waals surface area contributed by atoms with E-state index >= 15 is 0 Å². The molecule has 1 aromatic heterocycles. The van der Waals surface area contributed by atoms with E-state index in [0.717, 1.165) is 37.5 Å². The lowest BCUT2D eigenvalue weighted by Gasteiger charge is -2.39. The van der Waals surface area contributed by atoms with E-state index in [1.807, 2.05) is 17.5 Å². The molecule has 1 amide bonds. The minimum absolute atomic E-state index is 0.228. The summed E-state index contributed by atoms with van der Waals surface area (Å²) in [5, 5.41) is 5.42. The maximum atomic E-state index is 12.3. The number of carbonyl (C=O) groups is 1. The predicted octanol–water partition coefficient (Wildman–Crippen LogP) is 1.96. The van der Waals surface area contributed by atoms with E-state index in [-0.39, 0.29) is 5.91 Å². The number of amides is 1. The second-order valence-corrected chi connectivity index (χ2v) is 6.18. The fraction of sp³-hybridized carbons (Fsp3) is 0.615. The van der Waals surface area contributed by atoms with Crippen molar-refractivity contribution in [1.82, 2.24) is 10.2 Å². The average molecular weight is 250 g/mol. The number of thiophene rings is 1. The largest absolute Gasteiger partial charge is 0.337 e. The van der Waals surface area contributed by atoms with Crippen LogP contribution in [0.4, 0.5) is 0 Å². The van der Waals surface area contributed by atoms with E-state index in [1.165, 1.54) is 12.8 Å². The molecular weight excluding hydrogens is 232 g/mol. The van der Waals surface area contributed by atoms with Crippen LogP contribution in [0, 0.1) is 5.41 Å². The van der Waals surface area contributed by atoms with E-state index in [9.17, 15) is 4.79 Å². The molecule has 2 aliphatic rings. The fourth-order valence-electron chi connectivity index (χ4n) is 3.08. The summed E-state index contributed by atoms with van der Waals surface area (Å²) in [7, 11) is 0. The molecule has 1 aromatic rings. The zero-order valence-electron chi connectivity index (χ0n) is 9.95. The second-order valence-electron chi connectivity index (χ2n) is 5.23. The molecular formula is C13H18N2OS. The summed E-state index contributed by atoms with van der Waals surface area (Å²) < 4.78 is 0. The number of rotatable bonds is 1. The molecule has 0 radical (unpaired) electrons. The molecule has 1 atom stereocenters. The van der Waals surface area contributed by atoms with Gasteiger partial charge in [0.15, 0.2) is 0 Å². The van der Waals surface area contributed by atoms with Gasteiger partial charge in [-0.2, -0.15) is 0 Å². The van der Waals surface area contributed by atoms with Crippen molar-refractivity contribution in [1.29, 1.82) is 0 Å².